The molecule has 0 aromatic heterocycles. The molecule has 0 heterocycles. The van der Waals surface area contributed by atoms with Crippen LogP contribution in [0.4, 0.5) is 4.39 Å². The molecular weight excluding hydrogens is 339 g/mol. The summed E-state index contributed by atoms with van der Waals surface area (Å²) in [6, 6.07) is 13.1. The minimum Gasteiger partial charge on any atom is -0.207 e. The molecule has 0 amide bonds. The van der Waals surface area contributed by atoms with Crippen molar-refractivity contribution in [1.82, 2.24) is 0 Å². The summed E-state index contributed by atoms with van der Waals surface area (Å²) < 4.78 is 13.1. The Morgan fingerprint density at radius 1 is 1.10 bits per heavy atom. The molecule has 0 saturated heterocycles. The third-order valence-corrected chi connectivity index (χ3v) is 4.78. The van der Waals surface area contributed by atoms with Crippen LogP contribution in [0.2, 0.25) is 5.02 Å². The summed E-state index contributed by atoms with van der Waals surface area (Å²) >= 11 is 9.69. The number of aryl methyl sites for hydroxylation is 1. The van der Waals surface area contributed by atoms with E-state index in [1.54, 1.807) is 6.07 Å². The molecule has 3 heteroatoms. The number of alkyl halides is 1. The maximum atomic E-state index is 13.1. The molecule has 106 valence electrons. The summed E-state index contributed by atoms with van der Waals surface area (Å²) in [7, 11) is 0. The van der Waals surface area contributed by atoms with E-state index in [0.717, 1.165) is 23.7 Å². The van der Waals surface area contributed by atoms with Crippen LogP contribution in [0.15, 0.2) is 42.5 Å². The molecule has 1 atom stereocenters. The van der Waals surface area contributed by atoms with E-state index < -0.39 is 0 Å². The normalized spacial score (nSPS) is 12.4. The lowest BCUT2D eigenvalue weighted by Crippen LogP contribution is -2.11. The topological polar surface area (TPSA) is 0 Å². The van der Waals surface area contributed by atoms with Gasteiger partial charge in [-0.15, -0.1) is 0 Å². The fraction of sp³-hybridized carbons (Fsp3) is 0.294. The van der Waals surface area contributed by atoms with Crippen LogP contribution in [-0.4, -0.2) is 5.33 Å². The van der Waals surface area contributed by atoms with Crippen molar-refractivity contribution in [1.29, 1.82) is 0 Å². The lowest BCUT2D eigenvalue weighted by atomic mass is 9.92. The van der Waals surface area contributed by atoms with Crippen LogP contribution in [0, 0.1) is 18.7 Å². The lowest BCUT2D eigenvalue weighted by molar-refractivity contribution is 0.586. The van der Waals surface area contributed by atoms with Gasteiger partial charge in [-0.05, 0) is 54.5 Å². The van der Waals surface area contributed by atoms with Crippen LogP contribution in [0.1, 0.15) is 16.7 Å². The first kappa shape index (κ1) is 15.5. The molecular formula is C17H17BrClF. The quantitative estimate of drug-likeness (QED) is 0.614. The second-order valence-electron chi connectivity index (χ2n) is 5.09. The first-order chi connectivity index (χ1) is 9.60. The van der Waals surface area contributed by atoms with Crippen molar-refractivity contribution < 1.29 is 4.39 Å². The molecule has 20 heavy (non-hydrogen) atoms. The molecule has 0 spiro atoms. The van der Waals surface area contributed by atoms with Crippen molar-refractivity contribution in [3.63, 3.8) is 0 Å². The second-order valence-corrected chi connectivity index (χ2v) is 6.15. The van der Waals surface area contributed by atoms with Crippen LogP contribution >= 0.6 is 27.5 Å². The van der Waals surface area contributed by atoms with Crippen molar-refractivity contribution in [2.24, 2.45) is 5.92 Å². The smallest absolute Gasteiger partial charge is 0.124 e. The molecule has 0 aliphatic carbocycles. The zero-order valence-electron chi connectivity index (χ0n) is 11.4. The summed E-state index contributed by atoms with van der Waals surface area (Å²) in [6.07, 6.45) is 1.84. The molecule has 0 bridgehead atoms. The molecule has 0 nitrogen and oxygen atoms in total. The fourth-order valence-corrected chi connectivity index (χ4v) is 3.03. The third-order valence-electron chi connectivity index (χ3n) is 3.51. The first-order valence-corrected chi connectivity index (χ1v) is 8.14. The molecule has 2 aromatic rings. The van der Waals surface area contributed by atoms with Gasteiger partial charge in [-0.2, -0.15) is 0 Å². The van der Waals surface area contributed by atoms with Gasteiger partial charge in [0, 0.05) is 10.4 Å². The molecule has 0 aliphatic heterocycles. The van der Waals surface area contributed by atoms with E-state index in [-0.39, 0.29) is 5.82 Å². The molecule has 0 radical (unpaired) electrons. The van der Waals surface area contributed by atoms with Crippen LogP contribution in [0.25, 0.3) is 0 Å². The monoisotopic (exact) mass is 354 g/mol. The molecule has 1 unspecified atom stereocenters. The zero-order valence-corrected chi connectivity index (χ0v) is 13.7. The van der Waals surface area contributed by atoms with Crippen molar-refractivity contribution in [2.75, 3.05) is 5.33 Å². The summed E-state index contributed by atoms with van der Waals surface area (Å²) in [5.41, 5.74) is 3.67. The first-order valence-electron chi connectivity index (χ1n) is 6.64. The Morgan fingerprint density at radius 3 is 2.45 bits per heavy atom. The Labute approximate surface area is 133 Å². The summed E-state index contributed by atoms with van der Waals surface area (Å²) in [4.78, 5) is 0. The Balaban J connectivity index is 2.11. The van der Waals surface area contributed by atoms with Crippen LogP contribution in [-0.2, 0) is 12.8 Å². The van der Waals surface area contributed by atoms with Crippen LogP contribution in [0.5, 0.6) is 0 Å². The highest BCUT2D eigenvalue weighted by Gasteiger charge is 2.13. The second kappa shape index (κ2) is 7.24. The average Bonchev–Trinajstić information content (AvgIpc) is 2.43. The van der Waals surface area contributed by atoms with E-state index in [1.807, 2.05) is 0 Å². The van der Waals surface area contributed by atoms with E-state index in [4.69, 9.17) is 11.6 Å². The zero-order chi connectivity index (χ0) is 14.5. The maximum absolute atomic E-state index is 13.1. The number of rotatable bonds is 5. The van der Waals surface area contributed by atoms with E-state index in [2.05, 4.69) is 47.1 Å². The molecule has 2 aromatic carbocycles. The number of hydrogen-bond acceptors (Lipinski definition) is 0. The van der Waals surface area contributed by atoms with Gasteiger partial charge in [0.25, 0.3) is 0 Å². The highest BCUT2D eigenvalue weighted by atomic mass is 79.9. The SMILES string of the molecule is Cc1ccccc1CC(CBr)Cc1ccc(F)cc1Cl. The van der Waals surface area contributed by atoms with Crippen molar-refractivity contribution >= 4 is 27.5 Å². The Hall–Kier alpha value is -0.860. The summed E-state index contributed by atoms with van der Waals surface area (Å²) in [5, 5.41) is 1.41. The number of hydrogen-bond donors (Lipinski definition) is 0. The fourth-order valence-electron chi connectivity index (χ4n) is 2.33. The minimum absolute atomic E-state index is 0.284. The molecule has 0 fully saturated rings. The van der Waals surface area contributed by atoms with Gasteiger partial charge in [-0.25, -0.2) is 4.39 Å². The predicted octanol–water partition coefficient (Wildman–Crippen LogP) is 5.58. The maximum Gasteiger partial charge on any atom is 0.124 e. The lowest BCUT2D eigenvalue weighted by Gasteiger charge is -2.16. The van der Waals surface area contributed by atoms with E-state index in [9.17, 15) is 4.39 Å². The van der Waals surface area contributed by atoms with Gasteiger partial charge < -0.3 is 0 Å². The Morgan fingerprint density at radius 2 is 1.80 bits per heavy atom. The van der Waals surface area contributed by atoms with Crippen molar-refractivity contribution in [3.8, 4) is 0 Å². The van der Waals surface area contributed by atoms with Gasteiger partial charge >= 0.3 is 0 Å². The highest BCUT2D eigenvalue weighted by molar-refractivity contribution is 9.09. The van der Waals surface area contributed by atoms with Gasteiger partial charge in [0.2, 0.25) is 0 Å². The Kier molecular flexibility index (Phi) is 5.62. The van der Waals surface area contributed by atoms with Gasteiger partial charge in [0.1, 0.15) is 5.82 Å². The van der Waals surface area contributed by atoms with Gasteiger partial charge in [-0.3, -0.25) is 0 Å². The minimum atomic E-state index is -0.284. The average molecular weight is 356 g/mol. The van der Waals surface area contributed by atoms with Crippen molar-refractivity contribution in [2.45, 2.75) is 19.8 Å². The standard InChI is InChI=1S/C17H17BrClF/c1-12-4-2-3-5-14(12)8-13(11-18)9-15-6-7-16(20)10-17(15)19/h2-7,10,13H,8-9,11H2,1H3. The highest BCUT2D eigenvalue weighted by Crippen LogP contribution is 2.24. The predicted molar refractivity (Wildman–Crippen MR) is 87.3 cm³/mol. The van der Waals surface area contributed by atoms with Gasteiger partial charge in [-0.1, -0.05) is 57.9 Å². The largest absolute Gasteiger partial charge is 0.207 e. The van der Waals surface area contributed by atoms with Gasteiger partial charge in [0.15, 0.2) is 0 Å². The Bertz CT molecular complexity index is 583. The third kappa shape index (κ3) is 4.07. The van der Waals surface area contributed by atoms with E-state index >= 15 is 0 Å². The molecule has 2 rings (SSSR count). The molecule has 0 N–H and O–H groups in total. The summed E-state index contributed by atoms with van der Waals surface area (Å²) in [6.45, 7) is 2.13. The van der Waals surface area contributed by atoms with Gasteiger partial charge in [0.05, 0.1) is 0 Å². The van der Waals surface area contributed by atoms with E-state index in [0.29, 0.717) is 10.9 Å². The van der Waals surface area contributed by atoms with E-state index in [1.165, 1.54) is 23.3 Å². The number of benzene rings is 2. The molecule has 0 saturated carbocycles. The van der Waals surface area contributed by atoms with Crippen LogP contribution < -0.4 is 0 Å². The summed E-state index contributed by atoms with van der Waals surface area (Å²) in [5.74, 6) is 0.159. The molecule has 0 aliphatic rings. The number of halogens is 3. The van der Waals surface area contributed by atoms with Crippen molar-refractivity contribution in [3.05, 3.63) is 70.0 Å². The van der Waals surface area contributed by atoms with Crippen LogP contribution in [0.3, 0.4) is 0 Å².